The van der Waals surface area contributed by atoms with E-state index in [9.17, 15) is 27.2 Å². The van der Waals surface area contributed by atoms with Crippen LogP contribution < -0.4 is 4.90 Å². The number of amides is 2. The van der Waals surface area contributed by atoms with E-state index in [2.05, 4.69) is 0 Å². The molecule has 3 nitrogen and oxygen atoms in total. The third-order valence-electron chi connectivity index (χ3n) is 3.96. The first kappa shape index (κ1) is 16.2. The third-order valence-corrected chi connectivity index (χ3v) is 3.96. The Morgan fingerprint density at radius 1 is 0.708 bits per heavy atom. The Kier molecular flexibility index (Phi) is 3.47. The van der Waals surface area contributed by atoms with Gasteiger partial charge in [0.2, 0.25) is 0 Å². The average Bonchev–Trinajstić information content (AvgIpc) is 2.75. The summed E-state index contributed by atoms with van der Waals surface area (Å²) in [7, 11) is 0. The quantitative estimate of drug-likeness (QED) is 0.342. The van der Waals surface area contributed by atoms with Crippen molar-refractivity contribution in [1.82, 2.24) is 0 Å². The van der Waals surface area contributed by atoms with Crippen LogP contribution in [0.1, 0.15) is 37.4 Å². The number of aryl methyl sites for hydroxylation is 3. The van der Waals surface area contributed by atoms with Crippen molar-refractivity contribution in [2.24, 2.45) is 0 Å². The first-order chi connectivity index (χ1) is 11.2. The number of carbonyl (C=O) groups is 2. The van der Waals surface area contributed by atoms with Crippen molar-refractivity contribution in [1.29, 1.82) is 0 Å². The van der Waals surface area contributed by atoms with Crippen LogP contribution in [0.3, 0.4) is 0 Å². The summed E-state index contributed by atoms with van der Waals surface area (Å²) in [6.45, 7) is 5.04. The molecule has 0 N–H and O–H groups in total. The van der Waals surface area contributed by atoms with Crippen molar-refractivity contribution >= 4 is 17.5 Å². The molecule has 0 bridgehead atoms. The van der Waals surface area contributed by atoms with E-state index in [-0.39, 0.29) is 5.69 Å². The van der Waals surface area contributed by atoms with Crippen LogP contribution in [0.2, 0.25) is 0 Å². The molecule has 0 saturated heterocycles. The second-order valence-corrected chi connectivity index (χ2v) is 5.70. The molecule has 1 aliphatic rings. The van der Waals surface area contributed by atoms with Crippen molar-refractivity contribution in [3.05, 3.63) is 63.2 Å². The van der Waals surface area contributed by atoms with Gasteiger partial charge in [0.05, 0.1) is 16.8 Å². The van der Waals surface area contributed by atoms with E-state index >= 15 is 0 Å². The fourth-order valence-corrected chi connectivity index (χ4v) is 3.08. The van der Waals surface area contributed by atoms with Gasteiger partial charge in [-0.05, 0) is 31.9 Å². The van der Waals surface area contributed by atoms with E-state index < -0.39 is 46.2 Å². The number of nitrogens with zero attached hydrogens (tertiary/aromatic N) is 1. The number of imide groups is 1. The van der Waals surface area contributed by atoms with E-state index in [1.807, 2.05) is 0 Å². The van der Waals surface area contributed by atoms with Gasteiger partial charge in [-0.15, -0.1) is 0 Å². The normalized spacial score (nSPS) is 13.7. The van der Waals surface area contributed by atoms with E-state index in [4.69, 9.17) is 0 Å². The van der Waals surface area contributed by atoms with E-state index in [0.717, 1.165) is 5.56 Å². The minimum Gasteiger partial charge on any atom is -0.268 e. The molecule has 24 heavy (non-hydrogen) atoms. The second-order valence-electron chi connectivity index (χ2n) is 5.70. The van der Waals surface area contributed by atoms with Gasteiger partial charge in [0.1, 0.15) is 0 Å². The summed E-state index contributed by atoms with van der Waals surface area (Å²) in [5, 5.41) is 0. The van der Waals surface area contributed by atoms with Crippen LogP contribution in [-0.2, 0) is 0 Å². The minimum atomic E-state index is -2.12. The molecule has 0 fully saturated rings. The standard InChI is InChI=1S/C17H11F4NO2/c1-6-4-7(2)15(8(3)5-6)22-16(23)9-10(17(22)24)12(19)14(21)13(20)11(9)18/h4-5H,1-3H3. The molecule has 7 heteroatoms. The fourth-order valence-electron chi connectivity index (χ4n) is 3.08. The van der Waals surface area contributed by atoms with Crippen LogP contribution in [0.15, 0.2) is 12.1 Å². The SMILES string of the molecule is Cc1cc(C)c(N2C(=O)c3c(F)c(F)c(F)c(F)c3C2=O)c(C)c1. The van der Waals surface area contributed by atoms with Gasteiger partial charge < -0.3 is 0 Å². The fraction of sp³-hybridized carbons (Fsp3) is 0.176. The van der Waals surface area contributed by atoms with Gasteiger partial charge in [0.25, 0.3) is 11.8 Å². The molecule has 2 aromatic carbocycles. The molecule has 2 amide bonds. The smallest absolute Gasteiger partial charge is 0.268 e. The molecular formula is C17H11F4NO2. The summed E-state index contributed by atoms with van der Waals surface area (Å²) in [5.41, 5.74) is -0.134. The van der Waals surface area contributed by atoms with Gasteiger partial charge in [-0.3, -0.25) is 9.59 Å². The molecular weight excluding hydrogens is 326 g/mol. The maximum absolute atomic E-state index is 13.9. The lowest BCUT2D eigenvalue weighted by molar-refractivity contribution is 0.0923. The molecule has 2 aromatic rings. The number of hydrogen-bond donors (Lipinski definition) is 0. The number of benzene rings is 2. The first-order valence-corrected chi connectivity index (χ1v) is 6.99. The second kappa shape index (κ2) is 5.15. The first-order valence-electron chi connectivity index (χ1n) is 6.99. The lowest BCUT2D eigenvalue weighted by Crippen LogP contribution is -2.31. The highest BCUT2D eigenvalue weighted by molar-refractivity contribution is 6.35. The average molecular weight is 337 g/mol. The number of halogens is 4. The number of hydrogen-bond acceptors (Lipinski definition) is 2. The largest absolute Gasteiger partial charge is 0.269 e. The van der Waals surface area contributed by atoms with Crippen LogP contribution in [0, 0.1) is 44.0 Å². The molecule has 0 spiro atoms. The predicted octanol–water partition coefficient (Wildman–Crippen LogP) is 3.97. The van der Waals surface area contributed by atoms with Crippen LogP contribution >= 0.6 is 0 Å². The Hall–Kier alpha value is -2.70. The van der Waals surface area contributed by atoms with Crippen LogP contribution in [-0.4, -0.2) is 11.8 Å². The molecule has 1 heterocycles. The zero-order valence-electron chi connectivity index (χ0n) is 12.9. The Balaban J connectivity index is 2.30. The predicted molar refractivity (Wildman–Crippen MR) is 78.1 cm³/mol. The minimum absolute atomic E-state index is 0.145. The summed E-state index contributed by atoms with van der Waals surface area (Å²) >= 11 is 0. The molecule has 0 saturated carbocycles. The van der Waals surface area contributed by atoms with Gasteiger partial charge in [-0.2, -0.15) is 0 Å². The molecule has 124 valence electrons. The van der Waals surface area contributed by atoms with Crippen molar-refractivity contribution in [3.8, 4) is 0 Å². The van der Waals surface area contributed by atoms with Crippen molar-refractivity contribution in [2.75, 3.05) is 4.90 Å². The molecule has 0 aromatic heterocycles. The molecule has 0 atom stereocenters. The summed E-state index contributed by atoms with van der Waals surface area (Å²) < 4.78 is 54.7. The molecule has 0 unspecified atom stereocenters. The van der Waals surface area contributed by atoms with Crippen LogP contribution in [0.4, 0.5) is 23.2 Å². The number of carbonyl (C=O) groups excluding carboxylic acids is 2. The van der Waals surface area contributed by atoms with Gasteiger partial charge in [0, 0.05) is 0 Å². The van der Waals surface area contributed by atoms with E-state index in [1.165, 1.54) is 0 Å². The van der Waals surface area contributed by atoms with Gasteiger partial charge in [-0.25, -0.2) is 22.5 Å². The highest BCUT2D eigenvalue weighted by atomic mass is 19.2. The highest BCUT2D eigenvalue weighted by Crippen LogP contribution is 2.37. The summed E-state index contributed by atoms with van der Waals surface area (Å²) in [5.74, 6) is -10.4. The number of fused-ring (bicyclic) bond motifs is 1. The van der Waals surface area contributed by atoms with Gasteiger partial charge in [0.15, 0.2) is 23.3 Å². The Labute approximate surface area is 134 Å². The zero-order chi connectivity index (χ0) is 17.9. The molecule has 0 aliphatic carbocycles. The summed E-state index contributed by atoms with van der Waals surface area (Å²) in [6, 6.07) is 3.36. The van der Waals surface area contributed by atoms with E-state index in [1.54, 1.807) is 32.9 Å². The topological polar surface area (TPSA) is 37.4 Å². The lowest BCUT2D eigenvalue weighted by Gasteiger charge is -2.20. The summed E-state index contributed by atoms with van der Waals surface area (Å²) in [6.07, 6.45) is 0. The maximum Gasteiger partial charge on any atom is 0.269 e. The van der Waals surface area contributed by atoms with Gasteiger partial charge >= 0.3 is 0 Å². The Morgan fingerprint density at radius 3 is 1.46 bits per heavy atom. The van der Waals surface area contributed by atoms with Crippen LogP contribution in [0.25, 0.3) is 0 Å². The van der Waals surface area contributed by atoms with Crippen molar-refractivity contribution in [3.63, 3.8) is 0 Å². The lowest BCUT2D eigenvalue weighted by atomic mass is 10.0. The maximum atomic E-state index is 13.9. The van der Waals surface area contributed by atoms with Crippen molar-refractivity contribution in [2.45, 2.75) is 20.8 Å². The Bertz CT molecular complexity index is 867. The summed E-state index contributed by atoms with van der Waals surface area (Å²) in [4.78, 5) is 25.4. The third kappa shape index (κ3) is 1.97. The molecule has 1 aliphatic heterocycles. The van der Waals surface area contributed by atoms with E-state index in [0.29, 0.717) is 16.0 Å². The number of rotatable bonds is 1. The van der Waals surface area contributed by atoms with Gasteiger partial charge in [-0.1, -0.05) is 17.7 Å². The molecule has 3 rings (SSSR count). The number of anilines is 1. The highest BCUT2D eigenvalue weighted by Gasteiger charge is 2.45. The van der Waals surface area contributed by atoms with Crippen LogP contribution in [0.5, 0.6) is 0 Å². The monoisotopic (exact) mass is 337 g/mol. The Morgan fingerprint density at radius 2 is 1.08 bits per heavy atom. The van der Waals surface area contributed by atoms with Crippen molar-refractivity contribution < 1.29 is 27.2 Å². The zero-order valence-corrected chi connectivity index (χ0v) is 12.9. The molecule has 0 radical (unpaired) electrons.